The molecule has 5 nitrogen and oxygen atoms in total. The van der Waals surface area contributed by atoms with Crippen molar-refractivity contribution in [3.05, 3.63) is 27.7 Å². The van der Waals surface area contributed by atoms with E-state index >= 15 is 0 Å². The van der Waals surface area contributed by atoms with Crippen LogP contribution < -0.4 is 5.32 Å². The van der Waals surface area contributed by atoms with Crippen molar-refractivity contribution in [2.24, 2.45) is 0 Å². The van der Waals surface area contributed by atoms with Crippen molar-refractivity contribution >= 4 is 11.3 Å². The first-order valence-electron chi connectivity index (χ1n) is 5.75. The van der Waals surface area contributed by atoms with Crippen molar-refractivity contribution in [1.29, 1.82) is 0 Å². The molecule has 6 heteroatoms. The summed E-state index contributed by atoms with van der Waals surface area (Å²) in [4.78, 5) is 2.59. The Kier molecular flexibility index (Phi) is 3.86. The minimum atomic E-state index is 0.177. The molecule has 92 valence electrons. The van der Waals surface area contributed by atoms with Gasteiger partial charge in [-0.25, -0.2) is 4.68 Å². The lowest BCUT2D eigenvalue weighted by Crippen LogP contribution is -2.22. The maximum atomic E-state index is 4.08. The fourth-order valence-electron chi connectivity index (χ4n) is 1.75. The molecule has 0 saturated carbocycles. The molecular weight excluding hydrogens is 234 g/mol. The fourth-order valence-corrected chi connectivity index (χ4v) is 2.62. The summed E-state index contributed by atoms with van der Waals surface area (Å²) in [6.45, 7) is 7.91. The maximum Gasteiger partial charge on any atom is 0.168 e. The number of thiophene rings is 1. The number of rotatable bonds is 5. The highest BCUT2D eigenvalue weighted by Crippen LogP contribution is 2.17. The third kappa shape index (κ3) is 2.89. The van der Waals surface area contributed by atoms with Crippen LogP contribution in [0.15, 0.2) is 12.1 Å². The van der Waals surface area contributed by atoms with Crippen LogP contribution in [0.5, 0.6) is 0 Å². The van der Waals surface area contributed by atoms with E-state index in [9.17, 15) is 0 Å². The van der Waals surface area contributed by atoms with Gasteiger partial charge in [-0.2, -0.15) is 0 Å². The number of hydrogen-bond acceptors (Lipinski definition) is 5. The van der Waals surface area contributed by atoms with Crippen LogP contribution in [0.4, 0.5) is 0 Å². The van der Waals surface area contributed by atoms with Crippen LogP contribution >= 0.6 is 11.3 Å². The lowest BCUT2D eigenvalue weighted by Gasteiger charge is -2.11. The predicted octanol–water partition coefficient (Wildman–Crippen LogP) is 1.76. The van der Waals surface area contributed by atoms with Crippen molar-refractivity contribution in [2.75, 3.05) is 6.54 Å². The maximum absolute atomic E-state index is 4.08. The largest absolute Gasteiger partial charge is 0.308 e. The summed E-state index contributed by atoms with van der Waals surface area (Å²) >= 11 is 1.78. The Bertz CT molecular complexity index is 476. The Morgan fingerprint density at radius 2 is 2.29 bits per heavy atom. The normalized spacial score (nSPS) is 12.9. The van der Waals surface area contributed by atoms with Gasteiger partial charge in [0.1, 0.15) is 0 Å². The first-order valence-corrected chi connectivity index (χ1v) is 6.57. The summed E-state index contributed by atoms with van der Waals surface area (Å²) in [6.07, 6.45) is 0. The van der Waals surface area contributed by atoms with Crippen LogP contribution in [-0.4, -0.2) is 26.8 Å². The molecule has 1 atom stereocenters. The zero-order valence-electron chi connectivity index (χ0n) is 10.3. The molecule has 0 spiro atoms. The summed E-state index contributed by atoms with van der Waals surface area (Å²) in [7, 11) is 0. The average Bonchev–Trinajstić information content (AvgIpc) is 2.89. The van der Waals surface area contributed by atoms with E-state index in [1.165, 1.54) is 9.75 Å². The Morgan fingerprint density at radius 3 is 2.94 bits per heavy atom. The zero-order chi connectivity index (χ0) is 12.3. The average molecular weight is 251 g/mol. The second kappa shape index (κ2) is 5.37. The molecule has 17 heavy (non-hydrogen) atoms. The zero-order valence-corrected chi connectivity index (χ0v) is 11.2. The molecule has 0 aliphatic rings. The molecular formula is C11H17N5S. The van der Waals surface area contributed by atoms with Gasteiger partial charge < -0.3 is 5.32 Å². The van der Waals surface area contributed by atoms with Gasteiger partial charge in [0.05, 0.1) is 12.6 Å². The standard InChI is InChI=1S/C11H17N5S/c1-4-12-9(3)11-13-14-15-16(11)7-10-6-5-8(2)17-10/h5-6,9,12H,4,7H2,1-3H3. The van der Waals surface area contributed by atoms with Crippen molar-refractivity contribution in [3.63, 3.8) is 0 Å². The van der Waals surface area contributed by atoms with Gasteiger partial charge in [0.25, 0.3) is 0 Å². The van der Waals surface area contributed by atoms with Crippen molar-refractivity contribution in [3.8, 4) is 0 Å². The van der Waals surface area contributed by atoms with Crippen LogP contribution in [0.25, 0.3) is 0 Å². The van der Waals surface area contributed by atoms with E-state index < -0.39 is 0 Å². The third-order valence-corrected chi connectivity index (χ3v) is 3.54. The highest BCUT2D eigenvalue weighted by atomic mass is 32.1. The fraction of sp³-hybridized carbons (Fsp3) is 0.545. The van der Waals surface area contributed by atoms with Crippen LogP contribution in [0.2, 0.25) is 0 Å². The Hall–Kier alpha value is -1.27. The number of nitrogens with one attached hydrogen (secondary N) is 1. The second-order valence-electron chi connectivity index (χ2n) is 3.99. The van der Waals surface area contributed by atoms with Gasteiger partial charge in [-0.15, -0.1) is 16.4 Å². The van der Waals surface area contributed by atoms with Crippen LogP contribution in [0.1, 0.15) is 35.5 Å². The quantitative estimate of drug-likeness (QED) is 0.880. The minimum Gasteiger partial charge on any atom is -0.308 e. The lowest BCUT2D eigenvalue weighted by molar-refractivity contribution is 0.518. The summed E-state index contributed by atoms with van der Waals surface area (Å²) in [6, 6.07) is 4.43. The van der Waals surface area contributed by atoms with Crippen LogP contribution in [0, 0.1) is 6.92 Å². The highest BCUT2D eigenvalue weighted by Gasteiger charge is 2.13. The van der Waals surface area contributed by atoms with Crippen LogP contribution in [0.3, 0.4) is 0 Å². The molecule has 2 aromatic heterocycles. The molecule has 0 bridgehead atoms. The van der Waals surface area contributed by atoms with Gasteiger partial charge in [-0.3, -0.25) is 0 Å². The molecule has 0 aliphatic carbocycles. The first-order chi connectivity index (χ1) is 8.20. The van der Waals surface area contributed by atoms with Crippen molar-refractivity contribution in [1.82, 2.24) is 25.5 Å². The Balaban J connectivity index is 2.13. The molecule has 0 aliphatic heterocycles. The van der Waals surface area contributed by atoms with Gasteiger partial charge >= 0.3 is 0 Å². The van der Waals surface area contributed by atoms with Gasteiger partial charge in [-0.05, 0) is 43.0 Å². The molecule has 0 fully saturated rings. The monoisotopic (exact) mass is 251 g/mol. The SMILES string of the molecule is CCNC(C)c1nnnn1Cc1ccc(C)s1. The Labute approximate surface area is 105 Å². The molecule has 2 heterocycles. The molecule has 0 amide bonds. The van der Waals surface area contributed by atoms with Gasteiger partial charge in [0.2, 0.25) is 0 Å². The van der Waals surface area contributed by atoms with Crippen molar-refractivity contribution < 1.29 is 0 Å². The predicted molar refractivity (Wildman–Crippen MR) is 68.1 cm³/mol. The molecule has 1 unspecified atom stereocenters. The van der Waals surface area contributed by atoms with Gasteiger partial charge in [-0.1, -0.05) is 6.92 Å². The molecule has 2 aromatic rings. The lowest BCUT2D eigenvalue weighted by atomic mass is 10.3. The molecule has 0 radical (unpaired) electrons. The second-order valence-corrected chi connectivity index (χ2v) is 5.36. The number of tetrazole rings is 1. The molecule has 0 aromatic carbocycles. The van der Waals surface area contributed by atoms with E-state index in [2.05, 4.69) is 53.7 Å². The van der Waals surface area contributed by atoms with E-state index in [1.54, 1.807) is 11.3 Å². The van der Waals surface area contributed by atoms with E-state index in [4.69, 9.17) is 0 Å². The summed E-state index contributed by atoms with van der Waals surface area (Å²) < 4.78 is 1.86. The van der Waals surface area contributed by atoms with E-state index in [-0.39, 0.29) is 6.04 Å². The minimum absolute atomic E-state index is 0.177. The molecule has 2 rings (SSSR count). The van der Waals surface area contributed by atoms with E-state index in [0.717, 1.165) is 18.9 Å². The van der Waals surface area contributed by atoms with E-state index in [1.807, 2.05) is 4.68 Å². The topological polar surface area (TPSA) is 55.6 Å². The number of nitrogens with zero attached hydrogens (tertiary/aromatic N) is 4. The molecule has 1 N–H and O–H groups in total. The number of hydrogen-bond donors (Lipinski definition) is 1. The van der Waals surface area contributed by atoms with E-state index in [0.29, 0.717) is 0 Å². The Morgan fingerprint density at radius 1 is 1.47 bits per heavy atom. The summed E-state index contributed by atoms with van der Waals surface area (Å²) in [5.74, 6) is 0.887. The highest BCUT2D eigenvalue weighted by molar-refractivity contribution is 7.11. The summed E-state index contributed by atoms with van der Waals surface area (Å²) in [5, 5.41) is 15.2. The van der Waals surface area contributed by atoms with Crippen molar-refractivity contribution in [2.45, 2.75) is 33.4 Å². The first kappa shape index (κ1) is 12.2. The summed E-state index contributed by atoms with van der Waals surface area (Å²) in [5.41, 5.74) is 0. The van der Waals surface area contributed by atoms with Gasteiger partial charge in [0.15, 0.2) is 5.82 Å². The van der Waals surface area contributed by atoms with Crippen LogP contribution in [-0.2, 0) is 6.54 Å². The number of aromatic nitrogens is 4. The smallest absolute Gasteiger partial charge is 0.168 e. The molecule has 0 saturated heterocycles. The number of aryl methyl sites for hydroxylation is 1. The van der Waals surface area contributed by atoms with Gasteiger partial charge in [0, 0.05) is 9.75 Å². The third-order valence-electron chi connectivity index (χ3n) is 2.56.